The van der Waals surface area contributed by atoms with Crippen molar-refractivity contribution in [2.75, 3.05) is 13.2 Å². The van der Waals surface area contributed by atoms with Gasteiger partial charge in [-0.15, -0.1) is 13.2 Å². The van der Waals surface area contributed by atoms with Crippen molar-refractivity contribution < 1.29 is 37.0 Å². The Hall–Kier alpha value is -4.78. The molecule has 0 unspecified atom stereocenters. The molecule has 3 aromatic carbocycles. The zero-order valence-corrected chi connectivity index (χ0v) is 22.8. The van der Waals surface area contributed by atoms with Gasteiger partial charge in [-0.2, -0.15) is 0 Å². The molecular formula is C30H27F3N4O6. The number of fused-ring (bicyclic) bond motifs is 2. The van der Waals surface area contributed by atoms with Gasteiger partial charge in [-0.1, -0.05) is 18.2 Å². The number of aromatic nitrogens is 2. The molecule has 3 heterocycles. The van der Waals surface area contributed by atoms with E-state index in [2.05, 4.69) is 26.8 Å². The zero-order chi connectivity index (χ0) is 30.0. The fourth-order valence-electron chi connectivity index (χ4n) is 5.11. The van der Waals surface area contributed by atoms with Crippen LogP contribution in [0.4, 0.5) is 19.0 Å². The van der Waals surface area contributed by atoms with Crippen LogP contribution in [-0.2, 0) is 26.1 Å². The molecule has 4 aromatic rings. The quantitative estimate of drug-likeness (QED) is 0.165. The van der Waals surface area contributed by atoms with E-state index in [1.165, 1.54) is 41.6 Å². The van der Waals surface area contributed by atoms with E-state index in [0.29, 0.717) is 31.1 Å². The number of halogens is 3. The highest BCUT2D eigenvalue weighted by Crippen LogP contribution is 2.30. The molecule has 0 saturated heterocycles. The van der Waals surface area contributed by atoms with Crippen LogP contribution in [-0.4, -0.2) is 45.0 Å². The summed E-state index contributed by atoms with van der Waals surface area (Å²) in [6.45, 7) is 3.29. The Kier molecular flexibility index (Phi) is 7.80. The summed E-state index contributed by atoms with van der Waals surface area (Å²) in [6, 6.07) is 19.2. The minimum atomic E-state index is -4.74. The van der Waals surface area contributed by atoms with Crippen LogP contribution in [0, 0.1) is 10.1 Å². The maximum Gasteiger partial charge on any atom is 0.573 e. The molecule has 2 aliphatic rings. The highest BCUT2D eigenvalue weighted by Gasteiger charge is 2.31. The van der Waals surface area contributed by atoms with Gasteiger partial charge >= 0.3 is 18.2 Å². The SMILES string of the molecule is O=[N+]([O-])c1cn2c(n1)O[C@H](COc1ccc3c(c1)CN(Cc1ccc(Oc4ccc(OC(F)(F)F)cc4)cc1)CC3)CC2. The first-order valence-electron chi connectivity index (χ1n) is 13.6. The van der Waals surface area contributed by atoms with Crippen LogP contribution in [0.15, 0.2) is 72.9 Å². The van der Waals surface area contributed by atoms with Gasteiger partial charge in [-0.05, 0) is 76.6 Å². The van der Waals surface area contributed by atoms with E-state index in [1.807, 2.05) is 30.3 Å². The molecule has 43 heavy (non-hydrogen) atoms. The van der Waals surface area contributed by atoms with Gasteiger partial charge in [0.15, 0.2) is 0 Å². The van der Waals surface area contributed by atoms with Crippen molar-refractivity contribution >= 4 is 5.82 Å². The number of hydrogen-bond acceptors (Lipinski definition) is 8. The number of ether oxygens (including phenoxy) is 4. The molecule has 1 atom stereocenters. The second-order valence-electron chi connectivity index (χ2n) is 10.3. The molecule has 0 fully saturated rings. The van der Waals surface area contributed by atoms with Crippen LogP contribution in [0.3, 0.4) is 0 Å². The largest absolute Gasteiger partial charge is 0.573 e. The van der Waals surface area contributed by atoms with E-state index in [9.17, 15) is 23.3 Å². The third-order valence-corrected chi connectivity index (χ3v) is 7.21. The van der Waals surface area contributed by atoms with E-state index >= 15 is 0 Å². The van der Waals surface area contributed by atoms with Crippen molar-refractivity contribution in [2.45, 2.75) is 44.9 Å². The van der Waals surface area contributed by atoms with Gasteiger partial charge in [0, 0.05) is 37.6 Å². The summed E-state index contributed by atoms with van der Waals surface area (Å²) in [7, 11) is 0. The first kappa shape index (κ1) is 28.3. The number of hydrogen-bond donors (Lipinski definition) is 0. The number of aryl methyl sites for hydroxylation is 1. The predicted octanol–water partition coefficient (Wildman–Crippen LogP) is 6.27. The summed E-state index contributed by atoms with van der Waals surface area (Å²) in [6.07, 6.45) is -2.04. The molecule has 6 rings (SSSR count). The number of benzene rings is 3. The van der Waals surface area contributed by atoms with Crippen LogP contribution in [0.25, 0.3) is 0 Å². The minimum Gasteiger partial charge on any atom is -0.490 e. The highest BCUT2D eigenvalue weighted by molar-refractivity contribution is 5.38. The standard InChI is InChI=1S/C30H27F3N4O6/c31-30(32,33)43-25-9-7-24(8-10-25)41-23-4-1-20(2-5-23)16-35-13-11-21-3-6-26(15-22(21)17-35)40-19-27-12-14-36-18-28(37(38)39)34-29(36)42-27/h1-10,15,18,27H,11-14,16-17,19H2/t27-/m0/s1. The Balaban J connectivity index is 1.00. The maximum atomic E-state index is 12.4. The van der Waals surface area contributed by atoms with Crippen LogP contribution in [0.1, 0.15) is 23.1 Å². The Labute approximate surface area is 244 Å². The Bertz CT molecular complexity index is 1590. The smallest absolute Gasteiger partial charge is 0.490 e. The second kappa shape index (κ2) is 11.8. The van der Waals surface area contributed by atoms with E-state index in [1.54, 1.807) is 4.57 Å². The van der Waals surface area contributed by atoms with Gasteiger partial charge < -0.3 is 29.1 Å². The molecule has 0 aliphatic carbocycles. The number of imidazole rings is 1. The monoisotopic (exact) mass is 596 g/mol. The van der Waals surface area contributed by atoms with Crippen LogP contribution < -0.4 is 18.9 Å². The first-order chi connectivity index (χ1) is 20.7. The summed E-state index contributed by atoms with van der Waals surface area (Å²) in [5, 5.41) is 11.0. The van der Waals surface area contributed by atoms with Gasteiger partial charge in [0.05, 0.1) is 0 Å². The molecule has 0 N–H and O–H groups in total. The summed E-state index contributed by atoms with van der Waals surface area (Å²) in [4.78, 5) is 16.7. The fourth-order valence-corrected chi connectivity index (χ4v) is 5.11. The molecular weight excluding hydrogens is 569 g/mol. The maximum absolute atomic E-state index is 12.4. The number of alkyl halides is 3. The van der Waals surface area contributed by atoms with Gasteiger partial charge in [-0.25, -0.2) is 0 Å². The Morgan fingerprint density at radius 1 is 0.953 bits per heavy atom. The topological polar surface area (TPSA) is 101 Å². The molecule has 0 bridgehead atoms. The molecule has 0 amide bonds. The molecule has 224 valence electrons. The molecule has 13 heteroatoms. The molecule has 1 aromatic heterocycles. The molecule has 0 radical (unpaired) electrons. The van der Waals surface area contributed by atoms with Gasteiger partial charge in [0.1, 0.15) is 41.9 Å². The van der Waals surface area contributed by atoms with Crippen LogP contribution in [0.5, 0.6) is 29.0 Å². The van der Waals surface area contributed by atoms with Gasteiger partial charge in [0.25, 0.3) is 0 Å². The fraction of sp³-hybridized carbons (Fsp3) is 0.300. The normalized spacial score (nSPS) is 16.5. The van der Waals surface area contributed by atoms with Crippen LogP contribution in [0.2, 0.25) is 0 Å². The van der Waals surface area contributed by atoms with Crippen LogP contribution >= 0.6 is 0 Å². The second-order valence-corrected chi connectivity index (χ2v) is 10.3. The first-order valence-corrected chi connectivity index (χ1v) is 13.6. The third kappa shape index (κ3) is 7.17. The lowest BCUT2D eigenvalue weighted by Crippen LogP contribution is -2.31. The van der Waals surface area contributed by atoms with Crippen molar-refractivity contribution in [1.29, 1.82) is 0 Å². The number of rotatable bonds is 9. The summed E-state index contributed by atoms with van der Waals surface area (Å²) in [5.41, 5.74) is 3.57. The van der Waals surface area contributed by atoms with Gasteiger partial charge in [0.2, 0.25) is 0 Å². The zero-order valence-electron chi connectivity index (χ0n) is 22.8. The number of nitro groups is 1. The predicted molar refractivity (Wildman–Crippen MR) is 147 cm³/mol. The summed E-state index contributed by atoms with van der Waals surface area (Å²) < 4.78 is 60.2. The van der Waals surface area contributed by atoms with Crippen molar-refractivity contribution in [3.05, 3.63) is 99.7 Å². The van der Waals surface area contributed by atoms with Crippen molar-refractivity contribution in [2.24, 2.45) is 0 Å². The lowest BCUT2D eigenvalue weighted by Gasteiger charge is -2.29. The molecule has 2 aliphatic heterocycles. The van der Waals surface area contributed by atoms with E-state index in [0.717, 1.165) is 37.4 Å². The molecule has 10 nitrogen and oxygen atoms in total. The average molecular weight is 597 g/mol. The van der Waals surface area contributed by atoms with Gasteiger partial charge in [-0.3, -0.25) is 9.47 Å². The molecule has 0 saturated carbocycles. The van der Waals surface area contributed by atoms with Crippen molar-refractivity contribution in [3.8, 4) is 29.0 Å². The number of nitrogens with zero attached hydrogens (tertiary/aromatic N) is 4. The highest BCUT2D eigenvalue weighted by atomic mass is 19.4. The Morgan fingerprint density at radius 3 is 2.37 bits per heavy atom. The van der Waals surface area contributed by atoms with E-state index in [-0.39, 0.29) is 23.7 Å². The third-order valence-electron chi connectivity index (χ3n) is 7.21. The van der Waals surface area contributed by atoms with Crippen molar-refractivity contribution in [3.63, 3.8) is 0 Å². The molecule has 0 spiro atoms. The lowest BCUT2D eigenvalue weighted by atomic mass is 9.99. The van der Waals surface area contributed by atoms with Crippen molar-refractivity contribution in [1.82, 2.24) is 14.5 Å². The average Bonchev–Trinajstić information content (AvgIpc) is 3.41. The van der Waals surface area contributed by atoms with E-state index in [4.69, 9.17) is 14.2 Å². The minimum absolute atomic E-state index is 0.229. The summed E-state index contributed by atoms with van der Waals surface area (Å²) in [5.74, 6) is 1.18. The summed E-state index contributed by atoms with van der Waals surface area (Å²) >= 11 is 0. The Morgan fingerprint density at radius 2 is 1.65 bits per heavy atom. The van der Waals surface area contributed by atoms with E-state index < -0.39 is 11.3 Å². The lowest BCUT2D eigenvalue weighted by molar-refractivity contribution is -0.389.